The summed E-state index contributed by atoms with van der Waals surface area (Å²) in [6, 6.07) is 13.3. The zero-order valence-electron chi connectivity index (χ0n) is 13.9. The molecule has 0 saturated heterocycles. The van der Waals surface area contributed by atoms with Crippen molar-refractivity contribution < 1.29 is 22.7 Å². The van der Waals surface area contributed by atoms with Gasteiger partial charge in [0.2, 0.25) is 6.79 Å². The number of ether oxygens (including phenoxy) is 2. The third-order valence-electron chi connectivity index (χ3n) is 5.01. The number of rotatable bonds is 4. The summed E-state index contributed by atoms with van der Waals surface area (Å²) >= 11 is 0. The van der Waals surface area contributed by atoms with Crippen LogP contribution < -0.4 is 9.47 Å². The van der Waals surface area contributed by atoms with E-state index in [0.29, 0.717) is 23.3 Å². The summed E-state index contributed by atoms with van der Waals surface area (Å²) in [5.74, 6) is 0.297. The van der Waals surface area contributed by atoms with Gasteiger partial charge in [-0.3, -0.25) is 0 Å². The molecule has 6 nitrogen and oxygen atoms in total. The van der Waals surface area contributed by atoms with Gasteiger partial charge in [0.05, 0.1) is 11.0 Å². The quantitative estimate of drug-likeness (QED) is 0.768. The Bertz CT molecular complexity index is 1040. The van der Waals surface area contributed by atoms with Crippen LogP contribution in [0.25, 0.3) is 0 Å². The lowest BCUT2D eigenvalue weighted by atomic mass is 10.0. The monoisotopic (exact) mass is 369 g/mol. The lowest BCUT2D eigenvalue weighted by molar-refractivity contribution is -0.110. The molecule has 0 N–H and O–H groups in total. The molecule has 1 fully saturated rings. The number of hydrogen-bond acceptors (Lipinski definition) is 6. The van der Waals surface area contributed by atoms with Crippen LogP contribution in [0.2, 0.25) is 0 Å². The molecular weight excluding hydrogens is 354 g/mol. The standard InChI is InChI=1S/C19H15NO5S/c1-12-2-5-14(6-3-12)26(22,23)18-17(19(18,9-20)10-21)13-4-7-15-16(8-13)25-11-24-15/h2-8,10,17-18H,11H2,1H3/t17-,18-,19+/m1/s1. The van der Waals surface area contributed by atoms with E-state index < -0.39 is 26.4 Å². The largest absolute Gasteiger partial charge is 0.454 e. The van der Waals surface area contributed by atoms with E-state index in [4.69, 9.17) is 9.47 Å². The number of aldehydes is 1. The van der Waals surface area contributed by atoms with E-state index in [1.165, 1.54) is 12.1 Å². The predicted molar refractivity (Wildman–Crippen MR) is 91.6 cm³/mol. The first-order chi connectivity index (χ1) is 12.4. The summed E-state index contributed by atoms with van der Waals surface area (Å²) in [6.45, 7) is 1.94. The molecule has 3 atom stereocenters. The zero-order chi connectivity index (χ0) is 18.5. The highest BCUT2D eigenvalue weighted by Crippen LogP contribution is 2.63. The van der Waals surface area contributed by atoms with E-state index in [9.17, 15) is 18.5 Å². The fraction of sp³-hybridized carbons (Fsp3) is 0.263. The number of benzene rings is 2. The van der Waals surface area contributed by atoms with Crippen molar-refractivity contribution in [2.75, 3.05) is 6.79 Å². The van der Waals surface area contributed by atoms with Gasteiger partial charge in [0.15, 0.2) is 21.3 Å². The Morgan fingerprint density at radius 1 is 1.15 bits per heavy atom. The number of sulfone groups is 1. The molecule has 2 aromatic carbocycles. The molecule has 7 heteroatoms. The SMILES string of the molecule is Cc1ccc(S(=O)(=O)[C@@H]2[C@@H](c3ccc4c(c3)OCO4)[C@]2(C#N)C=O)cc1. The van der Waals surface area contributed by atoms with Gasteiger partial charge in [-0.1, -0.05) is 23.8 Å². The van der Waals surface area contributed by atoms with Gasteiger partial charge in [-0.15, -0.1) is 0 Å². The maximum atomic E-state index is 13.1. The lowest BCUT2D eigenvalue weighted by Gasteiger charge is -2.05. The van der Waals surface area contributed by atoms with E-state index in [0.717, 1.165) is 5.56 Å². The number of nitriles is 1. The summed E-state index contributed by atoms with van der Waals surface area (Å²) in [7, 11) is -3.85. The molecule has 1 aliphatic heterocycles. The molecule has 0 amide bonds. The molecule has 0 aromatic heterocycles. The second-order valence-corrected chi connectivity index (χ2v) is 8.60. The number of carbonyl (C=O) groups excluding carboxylic acids is 1. The first-order valence-corrected chi connectivity index (χ1v) is 9.56. The molecule has 2 aliphatic rings. The van der Waals surface area contributed by atoms with E-state index in [2.05, 4.69) is 0 Å². The summed E-state index contributed by atoms with van der Waals surface area (Å²) in [4.78, 5) is 11.8. The Morgan fingerprint density at radius 3 is 2.50 bits per heavy atom. The van der Waals surface area contributed by atoms with Crippen LogP contribution in [0.5, 0.6) is 11.5 Å². The van der Waals surface area contributed by atoms with Crippen LogP contribution in [0.15, 0.2) is 47.4 Å². The fourth-order valence-electron chi connectivity index (χ4n) is 3.54. The van der Waals surface area contributed by atoms with Crippen LogP contribution in [0.4, 0.5) is 0 Å². The van der Waals surface area contributed by atoms with Gasteiger partial charge in [-0.05, 0) is 36.8 Å². The molecule has 2 aromatic rings. The van der Waals surface area contributed by atoms with Crippen LogP contribution >= 0.6 is 0 Å². The maximum Gasteiger partial charge on any atom is 0.231 e. The van der Waals surface area contributed by atoms with Gasteiger partial charge in [0.25, 0.3) is 0 Å². The molecule has 0 bridgehead atoms. The number of nitrogens with zero attached hydrogens (tertiary/aromatic N) is 1. The van der Waals surface area contributed by atoms with Gasteiger partial charge in [0, 0.05) is 5.92 Å². The van der Waals surface area contributed by atoms with Crippen molar-refractivity contribution in [1.82, 2.24) is 0 Å². The highest BCUT2D eigenvalue weighted by atomic mass is 32.2. The van der Waals surface area contributed by atoms with Crippen LogP contribution in [0.1, 0.15) is 17.0 Å². The molecule has 1 heterocycles. The number of aryl methyl sites for hydroxylation is 1. The van der Waals surface area contributed by atoms with E-state index in [1.54, 1.807) is 30.3 Å². The Hall–Kier alpha value is -2.85. The topological polar surface area (TPSA) is 93.5 Å². The predicted octanol–water partition coefficient (Wildman–Crippen LogP) is 2.37. The molecule has 0 radical (unpaired) electrons. The fourth-order valence-corrected chi connectivity index (χ4v) is 5.78. The molecule has 0 unspecified atom stereocenters. The van der Waals surface area contributed by atoms with Crippen molar-refractivity contribution in [3.05, 3.63) is 53.6 Å². The second kappa shape index (κ2) is 5.58. The van der Waals surface area contributed by atoms with Gasteiger partial charge >= 0.3 is 0 Å². The Morgan fingerprint density at radius 2 is 1.85 bits per heavy atom. The molecule has 4 rings (SSSR count). The minimum atomic E-state index is -3.85. The van der Waals surface area contributed by atoms with Gasteiger partial charge in [0.1, 0.15) is 17.0 Å². The van der Waals surface area contributed by atoms with E-state index in [1.807, 2.05) is 13.0 Å². The Kier molecular flexibility index (Phi) is 3.56. The van der Waals surface area contributed by atoms with Crippen LogP contribution in [0, 0.1) is 23.7 Å². The minimum Gasteiger partial charge on any atom is -0.454 e. The summed E-state index contributed by atoms with van der Waals surface area (Å²) in [6.07, 6.45) is 0.457. The number of hydrogen-bond donors (Lipinski definition) is 0. The third-order valence-corrected chi connectivity index (χ3v) is 7.27. The van der Waals surface area contributed by atoms with Crippen LogP contribution in [0.3, 0.4) is 0 Å². The molecule has 26 heavy (non-hydrogen) atoms. The van der Waals surface area contributed by atoms with Gasteiger partial charge in [-0.2, -0.15) is 5.26 Å². The molecular formula is C19H15NO5S. The maximum absolute atomic E-state index is 13.1. The molecule has 132 valence electrons. The summed E-state index contributed by atoms with van der Waals surface area (Å²) in [5, 5.41) is 8.48. The normalized spacial score (nSPS) is 26.2. The smallest absolute Gasteiger partial charge is 0.231 e. The number of fused-ring (bicyclic) bond motifs is 1. The van der Waals surface area contributed by atoms with Gasteiger partial charge < -0.3 is 14.3 Å². The van der Waals surface area contributed by atoms with E-state index in [-0.39, 0.29) is 11.7 Å². The average molecular weight is 369 g/mol. The van der Waals surface area contributed by atoms with Crippen molar-refractivity contribution in [1.29, 1.82) is 5.26 Å². The van der Waals surface area contributed by atoms with Crippen molar-refractivity contribution in [3.63, 3.8) is 0 Å². The summed E-state index contributed by atoms with van der Waals surface area (Å²) < 4.78 is 36.8. The van der Waals surface area contributed by atoms with Crippen molar-refractivity contribution in [2.45, 2.75) is 23.0 Å². The van der Waals surface area contributed by atoms with Gasteiger partial charge in [-0.25, -0.2) is 8.42 Å². The number of carbonyl (C=O) groups is 1. The second-order valence-electron chi connectivity index (χ2n) is 6.53. The summed E-state index contributed by atoms with van der Waals surface area (Å²) in [5.41, 5.74) is -0.102. The highest BCUT2D eigenvalue weighted by Gasteiger charge is 2.72. The van der Waals surface area contributed by atoms with Crippen molar-refractivity contribution in [2.24, 2.45) is 5.41 Å². The minimum absolute atomic E-state index is 0.0889. The average Bonchev–Trinajstić information content (AvgIpc) is 3.12. The van der Waals surface area contributed by atoms with E-state index >= 15 is 0 Å². The first-order valence-electron chi connectivity index (χ1n) is 8.02. The third kappa shape index (κ3) is 2.22. The first kappa shape index (κ1) is 16.6. The lowest BCUT2D eigenvalue weighted by Crippen LogP contribution is -2.16. The Balaban J connectivity index is 1.79. The Labute approximate surface area is 150 Å². The highest BCUT2D eigenvalue weighted by molar-refractivity contribution is 7.92. The van der Waals surface area contributed by atoms with Crippen molar-refractivity contribution >= 4 is 16.1 Å². The molecule has 0 spiro atoms. The van der Waals surface area contributed by atoms with Crippen LogP contribution in [-0.4, -0.2) is 26.7 Å². The molecule has 1 aliphatic carbocycles. The van der Waals surface area contributed by atoms with Crippen molar-refractivity contribution in [3.8, 4) is 17.6 Å². The molecule has 1 saturated carbocycles. The zero-order valence-corrected chi connectivity index (χ0v) is 14.7. The van der Waals surface area contributed by atoms with Crippen LogP contribution in [-0.2, 0) is 14.6 Å².